The second-order valence-corrected chi connectivity index (χ2v) is 5.17. The Bertz CT molecular complexity index is 573. The Hall–Kier alpha value is -2.36. The summed E-state index contributed by atoms with van der Waals surface area (Å²) in [6.45, 7) is 6.76. The van der Waals surface area contributed by atoms with Crippen LogP contribution in [0.2, 0.25) is 0 Å². The first-order valence-electron chi connectivity index (χ1n) is 7.53. The molecule has 9 nitrogen and oxygen atoms in total. The summed E-state index contributed by atoms with van der Waals surface area (Å²) in [4.78, 5) is 44.6. The van der Waals surface area contributed by atoms with Crippen molar-refractivity contribution in [2.45, 2.75) is 35.1 Å². The lowest BCUT2D eigenvalue weighted by molar-refractivity contribution is -0.151. The van der Waals surface area contributed by atoms with Crippen LogP contribution >= 0.6 is 0 Å². The van der Waals surface area contributed by atoms with Gasteiger partial charge in [-0.05, 0) is 27.7 Å². The van der Waals surface area contributed by atoms with E-state index in [4.69, 9.17) is 15.9 Å². The third-order valence-corrected chi connectivity index (χ3v) is 3.51. The number of hydrogen-bond acceptors (Lipinski definition) is 8. The maximum atomic E-state index is 11.3. The fourth-order valence-corrected chi connectivity index (χ4v) is 1.66. The average molecular weight is 372 g/mol. The van der Waals surface area contributed by atoms with Crippen molar-refractivity contribution >= 4 is 23.8 Å². The number of amides is 2. The number of imide groups is 1. The van der Waals surface area contributed by atoms with Gasteiger partial charge in [-0.25, -0.2) is 9.59 Å². The molecule has 2 aliphatic rings. The molecule has 0 radical (unpaired) electrons. The number of carbonyl (C=O) groups excluding carboxylic acids is 4. The smallest absolute Gasteiger partial charge is 0.342 e. The lowest BCUT2D eigenvalue weighted by atomic mass is 10.2. The summed E-state index contributed by atoms with van der Waals surface area (Å²) in [5.74, 6) is -1.60. The molecule has 2 amide bonds. The minimum absolute atomic E-state index is 0. The number of rotatable bonds is 3. The highest BCUT2D eigenvalue weighted by molar-refractivity contribution is 6.18. The van der Waals surface area contributed by atoms with Crippen molar-refractivity contribution in [2.75, 3.05) is 26.3 Å². The van der Waals surface area contributed by atoms with Gasteiger partial charge in [-0.3, -0.25) is 14.5 Å². The van der Waals surface area contributed by atoms with Gasteiger partial charge < -0.3 is 20.7 Å². The van der Waals surface area contributed by atoms with Gasteiger partial charge >= 0.3 is 11.9 Å². The Morgan fingerprint density at radius 2 is 1.15 bits per heavy atom. The molecule has 9 heteroatoms. The minimum atomic E-state index is -0.516. The molecule has 0 bridgehead atoms. The molecule has 0 atom stereocenters. The molecular weight excluding hydrogens is 344 g/mol. The molecule has 0 spiro atoms. The van der Waals surface area contributed by atoms with Crippen molar-refractivity contribution in [3.8, 4) is 0 Å². The SMILES string of the molecule is C.CC1=C(C)C(=O)N(CCO)C1=O.CC1=C(C)C(=O)OC1=O.NCCO. The van der Waals surface area contributed by atoms with Crippen LogP contribution in [0.3, 0.4) is 0 Å². The third-order valence-electron chi connectivity index (χ3n) is 3.51. The molecule has 0 aromatic rings. The lowest BCUT2D eigenvalue weighted by Gasteiger charge is -2.11. The second-order valence-electron chi connectivity index (χ2n) is 5.17. The van der Waals surface area contributed by atoms with Crippen LogP contribution in [-0.4, -0.2) is 65.2 Å². The number of nitrogens with two attached hydrogens (primary N) is 1. The topological polar surface area (TPSA) is 147 Å². The van der Waals surface area contributed by atoms with Crippen LogP contribution in [0, 0.1) is 0 Å². The van der Waals surface area contributed by atoms with Crippen molar-refractivity contribution < 1.29 is 34.1 Å². The number of nitrogens with zero attached hydrogens (tertiary/aromatic N) is 1. The van der Waals surface area contributed by atoms with Crippen LogP contribution in [0.15, 0.2) is 22.3 Å². The summed E-state index contributed by atoms with van der Waals surface area (Å²) in [6, 6.07) is 0. The molecule has 0 aromatic carbocycles. The maximum absolute atomic E-state index is 11.3. The van der Waals surface area contributed by atoms with Gasteiger partial charge in [0.2, 0.25) is 0 Å². The maximum Gasteiger partial charge on any atom is 0.342 e. The van der Waals surface area contributed by atoms with E-state index in [1.165, 1.54) is 0 Å². The van der Waals surface area contributed by atoms with E-state index < -0.39 is 11.9 Å². The van der Waals surface area contributed by atoms with Crippen LogP contribution in [0.1, 0.15) is 35.1 Å². The molecule has 2 rings (SSSR count). The number of ether oxygens (including phenoxy) is 1. The van der Waals surface area contributed by atoms with Crippen LogP contribution < -0.4 is 5.73 Å². The standard InChI is InChI=1S/C8H11NO3.C6H6O3.C2H7NO.CH4/c1-5-6(2)8(12)9(3-4-10)7(5)11;1-3-4(2)6(8)9-5(3)7;3-1-2-4;/h10H,3-4H2,1-2H3;1-2H3;4H,1-3H2;1H4. The van der Waals surface area contributed by atoms with Crippen molar-refractivity contribution in [3.63, 3.8) is 0 Å². The molecule has 0 unspecified atom stereocenters. The largest absolute Gasteiger partial charge is 0.395 e. The molecule has 2 heterocycles. The summed E-state index contributed by atoms with van der Waals surface area (Å²) in [7, 11) is 0. The van der Waals surface area contributed by atoms with E-state index in [-0.39, 0.29) is 39.0 Å². The molecule has 148 valence electrons. The molecule has 0 saturated heterocycles. The summed E-state index contributed by atoms with van der Waals surface area (Å²) in [5.41, 5.74) is 6.57. The zero-order chi connectivity index (χ0) is 19.7. The van der Waals surface area contributed by atoms with E-state index >= 15 is 0 Å². The van der Waals surface area contributed by atoms with Gasteiger partial charge in [0, 0.05) is 28.8 Å². The summed E-state index contributed by atoms with van der Waals surface area (Å²) in [6.07, 6.45) is 0. The van der Waals surface area contributed by atoms with Crippen LogP contribution in [0.5, 0.6) is 0 Å². The Labute approximate surface area is 153 Å². The quantitative estimate of drug-likeness (QED) is 0.346. The first-order chi connectivity index (χ1) is 11.6. The number of aliphatic hydroxyl groups excluding tert-OH is 2. The van der Waals surface area contributed by atoms with Gasteiger partial charge in [0.1, 0.15) is 0 Å². The number of hydrogen-bond donors (Lipinski definition) is 3. The zero-order valence-electron chi connectivity index (χ0n) is 14.8. The van der Waals surface area contributed by atoms with Crippen LogP contribution in [0.4, 0.5) is 0 Å². The number of carbonyl (C=O) groups is 4. The molecule has 0 aliphatic carbocycles. The van der Waals surface area contributed by atoms with Gasteiger partial charge in [0.15, 0.2) is 0 Å². The van der Waals surface area contributed by atoms with Gasteiger partial charge in [0.05, 0.1) is 19.8 Å². The predicted octanol–water partition coefficient (Wildman–Crippen LogP) is -0.336. The first-order valence-corrected chi connectivity index (χ1v) is 7.53. The summed E-state index contributed by atoms with van der Waals surface area (Å²) >= 11 is 0. The molecule has 0 aromatic heterocycles. The van der Waals surface area contributed by atoms with E-state index in [1.54, 1.807) is 27.7 Å². The Morgan fingerprint density at radius 3 is 1.35 bits per heavy atom. The van der Waals surface area contributed by atoms with E-state index in [2.05, 4.69) is 4.74 Å². The monoisotopic (exact) mass is 372 g/mol. The summed E-state index contributed by atoms with van der Waals surface area (Å²) < 4.78 is 4.23. The molecule has 0 saturated carbocycles. The Kier molecular flexibility index (Phi) is 12.0. The van der Waals surface area contributed by atoms with Crippen molar-refractivity contribution in [2.24, 2.45) is 5.73 Å². The lowest BCUT2D eigenvalue weighted by Crippen LogP contribution is -2.33. The van der Waals surface area contributed by atoms with E-state index in [1.807, 2.05) is 0 Å². The van der Waals surface area contributed by atoms with E-state index in [0.29, 0.717) is 28.8 Å². The highest BCUT2D eigenvalue weighted by Crippen LogP contribution is 2.18. The Morgan fingerprint density at radius 1 is 0.808 bits per heavy atom. The number of β-amino-alcohol motifs (C(OH)–C–C–N with tert-alkyl or cyclic N) is 1. The molecule has 2 aliphatic heterocycles. The van der Waals surface area contributed by atoms with Crippen LogP contribution in [0.25, 0.3) is 0 Å². The van der Waals surface area contributed by atoms with Crippen molar-refractivity contribution in [1.29, 1.82) is 0 Å². The fourth-order valence-electron chi connectivity index (χ4n) is 1.66. The van der Waals surface area contributed by atoms with Crippen LogP contribution in [-0.2, 0) is 23.9 Å². The zero-order valence-corrected chi connectivity index (χ0v) is 14.8. The average Bonchev–Trinajstić information content (AvgIpc) is 2.93. The normalized spacial score (nSPS) is 16.0. The predicted molar refractivity (Wildman–Crippen MR) is 94.5 cm³/mol. The summed E-state index contributed by atoms with van der Waals surface area (Å²) in [5, 5.41) is 16.3. The molecule has 26 heavy (non-hydrogen) atoms. The van der Waals surface area contributed by atoms with Gasteiger partial charge in [0.25, 0.3) is 11.8 Å². The minimum Gasteiger partial charge on any atom is -0.395 e. The molecule has 0 fully saturated rings. The number of cyclic esters (lactones) is 2. The fraction of sp³-hybridized carbons (Fsp3) is 0.529. The first kappa shape index (κ1) is 25.9. The highest BCUT2D eigenvalue weighted by atomic mass is 16.6. The van der Waals surface area contributed by atoms with E-state index in [9.17, 15) is 19.2 Å². The second kappa shape index (κ2) is 12.1. The van der Waals surface area contributed by atoms with Crippen molar-refractivity contribution in [1.82, 2.24) is 4.90 Å². The van der Waals surface area contributed by atoms with Crippen molar-refractivity contribution in [3.05, 3.63) is 22.3 Å². The van der Waals surface area contributed by atoms with Gasteiger partial charge in [-0.1, -0.05) is 7.43 Å². The third kappa shape index (κ3) is 6.51. The number of esters is 2. The highest BCUT2D eigenvalue weighted by Gasteiger charge is 2.32. The van der Waals surface area contributed by atoms with Gasteiger partial charge in [-0.15, -0.1) is 0 Å². The van der Waals surface area contributed by atoms with Gasteiger partial charge in [-0.2, -0.15) is 0 Å². The molecular formula is C17H28N2O7. The molecule has 4 N–H and O–H groups in total. The van der Waals surface area contributed by atoms with E-state index in [0.717, 1.165) is 4.90 Å². The number of aliphatic hydroxyl groups is 2. The Balaban J connectivity index is 0.